The van der Waals surface area contributed by atoms with Crippen LogP contribution in [0, 0.1) is 5.92 Å². The van der Waals surface area contributed by atoms with E-state index in [9.17, 15) is 4.79 Å². The van der Waals surface area contributed by atoms with Crippen molar-refractivity contribution in [2.75, 3.05) is 5.73 Å². The SMILES string of the molecule is CCc1nn(C)c(C(=O)NC(C)CC(C)CC)c1N. The molecule has 2 unspecified atom stereocenters. The second-order valence-electron chi connectivity index (χ2n) is 5.31. The van der Waals surface area contributed by atoms with Gasteiger partial charge >= 0.3 is 0 Å². The van der Waals surface area contributed by atoms with Crippen LogP contribution >= 0.6 is 0 Å². The van der Waals surface area contributed by atoms with E-state index in [4.69, 9.17) is 5.73 Å². The smallest absolute Gasteiger partial charge is 0.271 e. The van der Waals surface area contributed by atoms with Crippen molar-refractivity contribution in [3.63, 3.8) is 0 Å². The van der Waals surface area contributed by atoms with E-state index < -0.39 is 0 Å². The van der Waals surface area contributed by atoms with Gasteiger partial charge in [0, 0.05) is 13.1 Å². The van der Waals surface area contributed by atoms with Crippen molar-refractivity contribution in [2.45, 2.75) is 53.0 Å². The molecule has 2 atom stereocenters. The molecule has 5 heteroatoms. The van der Waals surface area contributed by atoms with Gasteiger partial charge in [-0.15, -0.1) is 0 Å². The van der Waals surface area contributed by atoms with Gasteiger partial charge < -0.3 is 11.1 Å². The molecule has 0 fully saturated rings. The Morgan fingerprint density at radius 1 is 1.42 bits per heavy atom. The molecule has 0 aliphatic heterocycles. The summed E-state index contributed by atoms with van der Waals surface area (Å²) in [7, 11) is 1.75. The number of nitrogens with two attached hydrogens (primary N) is 1. The van der Waals surface area contributed by atoms with E-state index >= 15 is 0 Å². The summed E-state index contributed by atoms with van der Waals surface area (Å²) in [6, 6.07) is 0.141. The Labute approximate surface area is 115 Å². The number of anilines is 1. The zero-order valence-corrected chi connectivity index (χ0v) is 12.7. The topological polar surface area (TPSA) is 72.9 Å². The first-order valence-electron chi connectivity index (χ1n) is 7.02. The zero-order valence-electron chi connectivity index (χ0n) is 12.7. The van der Waals surface area contributed by atoms with Gasteiger partial charge in [0.15, 0.2) is 0 Å². The number of nitrogens with zero attached hydrogens (tertiary/aromatic N) is 2. The Balaban J connectivity index is 2.76. The fourth-order valence-corrected chi connectivity index (χ4v) is 2.25. The molecule has 1 aromatic heterocycles. The second kappa shape index (κ2) is 6.59. The molecule has 1 rings (SSSR count). The maximum absolute atomic E-state index is 12.2. The van der Waals surface area contributed by atoms with E-state index in [1.165, 1.54) is 0 Å². The van der Waals surface area contributed by atoms with E-state index in [2.05, 4.69) is 24.3 Å². The molecule has 0 aliphatic rings. The molecular weight excluding hydrogens is 240 g/mol. The van der Waals surface area contributed by atoms with Crippen LogP contribution in [0.15, 0.2) is 0 Å². The summed E-state index contributed by atoms with van der Waals surface area (Å²) >= 11 is 0. The highest BCUT2D eigenvalue weighted by Gasteiger charge is 2.20. The van der Waals surface area contributed by atoms with Crippen LogP contribution in [0.1, 0.15) is 56.7 Å². The number of aromatic nitrogens is 2. The van der Waals surface area contributed by atoms with Crippen LogP contribution in [0.25, 0.3) is 0 Å². The largest absolute Gasteiger partial charge is 0.395 e. The Morgan fingerprint density at radius 3 is 2.53 bits per heavy atom. The highest BCUT2D eigenvalue weighted by molar-refractivity contribution is 5.98. The van der Waals surface area contributed by atoms with Gasteiger partial charge in [-0.25, -0.2) is 0 Å². The molecule has 0 spiro atoms. The van der Waals surface area contributed by atoms with Crippen molar-refractivity contribution in [3.8, 4) is 0 Å². The second-order valence-corrected chi connectivity index (χ2v) is 5.31. The third-order valence-electron chi connectivity index (χ3n) is 3.54. The monoisotopic (exact) mass is 266 g/mol. The number of nitrogens with one attached hydrogen (secondary N) is 1. The van der Waals surface area contributed by atoms with Crippen LogP contribution < -0.4 is 11.1 Å². The molecule has 0 saturated heterocycles. The molecule has 0 radical (unpaired) electrons. The summed E-state index contributed by atoms with van der Waals surface area (Å²) in [4.78, 5) is 12.2. The quantitative estimate of drug-likeness (QED) is 0.828. The van der Waals surface area contributed by atoms with E-state index in [0.29, 0.717) is 17.3 Å². The molecule has 19 heavy (non-hydrogen) atoms. The van der Waals surface area contributed by atoms with Gasteiger partial charge in [-0.2, -0.15) is 5.10 Å². The Kier molecular flexibility index (Phi) is 5.39. The third-order valence-corrected chi connectivity index (χ3v) is 3.54. The standard InChI is InChI=1S/C14H26N4O/c1-6-9(3)8-10(4)16-14(19)13-12(15)11(7-2)17-18(13)5/h9-10H,6-8,15H2,1-5H3,(H,16,19). The number of carbonyl (C=O) groups is 1. The predicted molar refractivity (Wildman–Crippen MR) is 78.0 cm³/mol. The lowest BCUT2D eigenvalue weighted by molar-refractivity contribution is 0.0927. The average Bonchev–Trinajstić information content (AvgIpc) is 2.63. The molecule has 0 aromatic carbocycles. The van der Waals surface area contributed by atoms with Crippen molar-refractivity contribution in [1.29, 1.82) is 0 Å². The first-order valence-corrected chi connectivity index (χ1v) is 7.02. The number of aryl methyl sites for hydroxylation is 2. The lowest BCUT2D eigenvalue weighted by atomic mass is 10.0. The number of amides is 1. The summed E-state index contributed by atoms with van der Waals surface area (Å²) in [5.74, 6) is 0.466. The number of carbonyl (C=O) groups excluding carboxylic acids is 1. The highest BCUT2D eigenvalue weighted by Crippen LogP contribution is 2.17. The van der Waals surface area contributed by atoms with Crippen LogP contribution in [0.4, 0.5) is 5.69 Å². The van der Waals surface area contributed by atoms with Crippen LogP contribution in [-0.2, 0) is 13.5 Å². The minimum Gasteiger partial charge on any atom is -0.395 e. The van der Waals surface area contributed by atoms with Crippen molar-refractivity contribution >= 4 is 11.6 Å². The number of rotatable bonds is 6. The molecule has 1 heterocycles. The Bertz CT molecular complexity index is 439. The Morgan fingerprint density at radius 2 is 2.05 bits per heavy atom. The Hall–Kier alpha value is -1.52. The molecule has 0 saturated carbocycles. The maximum atomic E-state index is 12.2. The zero-order chi connectivity index (χ0) is 14.6. The number of nitrogen functional groups attached to an aromatic ring is 1. The molecule has 108 valence electrons. The van der Waals surface area contributed by atoms with Crippen LogP contribution in [0.3, 0.4) is 0 Å². The van der Waals surface area contributed by atoms with Gasteiger partial charge in [0.25, 0.3) is 5.91 Å². The van der Waals surface area contributed by atoms with Gasteiger partial charge in [-0.3, -0.25) is 9.48 Å². The van der Waals surface area contributed by atoms with E-state index in [1.54, 1.807) is 11.7 Å². The summed E-state index contributed by atoms with van der Waals surface area (Å²) in [6.45, 7) is 8.35. The van der Waals surface area contributed by atoms with Crippen molar-refractivity contribution in [1.82, 2.24) is 15.1 Å². The normalized spacial score (nSPS) is 14.2. The van der Waals surface area contributed by atoms with Gasteiger partial charge in [0.05, 0.1) is 11.4 Å². The average molecular weight is 266 g/mol. The molecule has 0 aliphatic carbocycles. The molecular formula is C14H26N4O. The fourth-order valence-electron chi connectivity index (χ4n) is 2.25. The van der Waals surface area contributed by atoms with Crippen LogP contribution in [0.5, 0.6) is 0 Å². The fraction of sp³-hybridized carbons (Fsp3) is 0.714. The summed E-state index contributed by atoms with van der Waals surface area (Å²) < 4.78 is 1.57. The van der Waals surface area contributed by atoms with Crippen LogP contribution in [0.2, 0.25) is 0 Å². The van der Waals surface area contributed by atoms with Crippen molar-refractivity contribution in [2.24, 2.45) is 13.0 Å². The molecule has 1 aromatic rings. The predicted octanol–water partition coefficient (Wildman–Crippen LogP) is 2.12. The van der Waals surface area contributed by atoms with Gasteiger partial charge in [-0.1, -0.05) is 27.2 Å². The first-order chi connectivity index (χ1) is 8.90. The van der Waals surface area contributed by atoms with Gasteiger partial charge in [0.1, 0.15) is 5.69 Å². The lowest BCUT2D eigenvalue weighted by Crippen LogP contribution is -2.35. The minimum absolute atomic E-state index is 0.136. The summed E-state index contributed by atoms with van der Waals surface area (Å²) in [5, 5.41) is 7.27. The van der Waals surface area contributed by atoms with Gasteiger partial charge in [0.2, 0.25) is 0 Å². The minimum atomic E-state index is -0.136. The van der Waals surface area contributed by atoms with Gasteiger partial charge in [-0.05, 0) is 25.7 Å². The molecule has 5 nitrogen and oxygen atoms in total. The molecule has 0 bridgehead atoms. The lowest BCUT2D eigenvalue weighted by Gasteiger charge is -2.17. The van der Waals surface area contributed by atoms with E-state index in [0.717, 1.165) is 25.0 Å². The summed E-state index contributed by atoms with van der Waals surface area (Å²) in [5.41, 5.74) is 7.72. The van der Waals surface area contributed by atoms with Crippen molar-refractivity contribution < 1.29 is 4.79 Å². The van der Waals surface area contributed by atoms with Crippen molar-refractivity contribution in [3.05, 3.63) is 11.4 Å². The highest BCUT2D eigenvalue weighted by atomic mass is 16.2. The maximum Gasteiger partial charge on any atom is 0.271 e. The third kappa shape index (κ3) is 3.72. The number of hydrogen-bond acceptors (Lipinski definition) is 3. The summed E-state index contributed by atoms with van der Waals surface area (Å²) in [6.07, 6.45) is 2.82. The first kappa shape index (κ1) is 15.5. The van der Waals surface area contributed by atoms with E-state index in [1.807, 2.05) is 13.8 Å². The van der Waals surface area contributed by atoms with Crippen LogP contribution in [-0.4, -0.2) is 21.7 Å². The molecule has 3 N–H and O–H groups in total. The number of hydrogen-bond donors (Lipinski definition) is 2. The van der Waals surface area contributed by atoms with E-state index in [-0.39, 0.29) is 11.9 Å². The molecule has 1 amide bonds.